The van der Waals surface area contributed by atoms with Crippen LogP contribution in [0.3, 0.4) is 0 Å². The van der Waals surface area contributed by atoms with Gasteiger partial charge in [-0.3, -0.25) is 0 Å². The first-order chi connectivity index (χ1) is 6.16. The Morgan fingerprint density at radius 1 is 1.31 bits per heavy atom. The van der Waals surface area contributed by atoms with E-state index in [1.165, 1.54) is 12.3 Å². The second-order valence-corrected chi connectivity index (χ2v) is 3.08. The van der Waals surface area contributed by atoms with Crippen LogP contribution in [0, 0.1) is 12.7 Å². The van der Waals surface area contributed by atoms with E-state index < -0.39 is 0 Å². The lowest BCUT2D eigenvalue weighted by Gasteiger charge is -2.01. The molecule has 2 aromatic rings. The number of nitrogens with two attached hydrogens (primary N) is 1. The number of benzene rings is 1. The quantitative estimate of drug-likeness (QED) is 0.668. The zero-order valence-electron chi connectivity index (χ0n) is 7.21. The highest BCUT2D eigenvalue weighted by Gasteiger charge is 2.02. The molecule has 0 amide bonds. The average Bonchev–Trinajstić information content (AvgIpc) is 2.02. The fourth-order valence-electron chi connectivity index (χ4n) is 1.37. The third-order valence-electron chi connectivity index (χ3n) is 1.95. The molecule has 1 aromatic carbocycles. The molecule has 1 heterocycles. The van der Waals surface area contributed by atoms with Crippen molar-refractivity contribution in [1.82, 2.24) is 4.98 Å². The van der Waals surface area contributed by atoms with Gasteiger partial charge in [-0.05, 0) is 30.0 Å². The summed E-state index contributed by atoms with van der Waals surface area (Å²) in [6.07, 6.45) is 1.46. The second kappa shape index (κ2) is 2.69. The van der Waals surface area contributed by atoms with Crippen LogP contribution in [0.4, 0.5) is 10.2 Å². The maximum Gasteiger partial charge on any atom is 0.132 e. The summed E-state index contributed by atoms with van der Waals surface area (Å²) in [6, 6.07) is 5.04. The molecule has 0 aliphatic carbocycles. The van der Waals surface area contributed by atoms with Gasteiger partial charge in [0.2, 0.25) is 0 Å². The minimum atomic E-state index is -0.248. The van der Waals surface area contributed by atoms with Gasteiger partial charge in [-0.15, -0.1) is 0 Å². The lowest BCUT2D eigenvalue weighted by Crippen LogP contribution is -1.90. The summed E-state index contributed by atoms with van der Waals surface area (Å²) >= 11 is 0. The van der Waals surface area contributed by atoms with E-state index in [4.69, 9.17) is 5.73 Å². The average molecular weight is 176 g/mol. The lowest BCUT2D eigenvalue weighted by atomic mass is 10.1. The first-order valence-electron chi connectivity index (χ1n) is 3.98. The first-order valence-corrected chi connectivity index (χ1v) is 3.98. The number of hydrogen-bond donors (Lipinski definition) is 1. The normalized spacial score (nSPS) is 10.6. The number of anilines is 1. The number of aryl methyl sites for hydroxylation is 1. The molecule has 0 bridgehead atoms. The van der Waals surface area contributed by atoms with Crippen molar-refractivity contribution in [2.24, 2.45) is 0 Å². The number of fused-ring (bicyclic) bond motifs is 1. The molecule has 0 atom stereocenters. The van der Waals surface area contributed by atoms with Crippen molar-refractivity contribution in [3.63, 3.8) is 0 Å². The van der Waals surface area contributed by atoms with Gasteiger partial charge in [0.15, 0.2) is 0 Å². The SMILES string of the molecule is Cc1cc(F)c2cnc(N)cc2c1. The highest BCUT2D eigenvalue weighted by molar-refractivity contribution is 5.84. The number of halogens is 1. The van der Waals surface area contributed by atoms with Gasteiger partial charge in [-0.25, -0.2) is 9.37 Å². The van der Waals surface area contributed by atoms with Crippen LogP contribution < -0.4 is 5.73 Å². The van der Waals surface area contributed by atoms with Crippen LogP contribution in [-0.2, 0) is 0 Å². The predicted octanol–water partition coefficient (Wildman–Crippen LogP) is 2.26. The van der Waals surface area contributed by atoms with Crippen LogP contribution in [0.25, 0.3) is 10.8 Å². The second-order valence-electron chi connectivity index (χ2n) is 3.08. The Kier molecular flexibility index (Phi) is 1.65. The van der Waals surface area contributed by atoms with Gasteiger partial charge in [-0.1, -0.05) is 6.07 Å². The molecule has 0 fully saturated rings. The Hall–Kier alpha value is -1.64. The van der Waals surface area contributed by atoms with Crippen LogP contribution in [0.5, 0.6) is 0 Å². The van der Waals surface area contributed by atoms with Crippen molar-refractivity contribution in [3.05, 3.63) is 35.8 Å². The molecule has 0 aliphatic rings. The number of aromatic nitrogens is 1. The van der Waals surface area contributed by atoms with Gasteiger partial charge >= 0.3 is 0 Å². The minimum absolute atomic E-state index is 0.248. The fourth-order valence-corrected chi connectivity index (χ4v) is 1.37. The van der Waals surface area contributed by atoms with E-state index in [0.717, 1.165) is 10.9 Å². The smallest absolute Gasteiger partial charge is 0.132 e. The van der Waals surface area contributed by atoms with E-state index >= 15 is 0 Å². The van der Waals surface area contributed by atoms with Crippen molar-refractivity contribution in [2.75, 3.05) is 5.73 Å². The molecule has 0 saturated carbocycles. The van der Waals surface area contributed by atoms with Gasteiger partial charge < -0.3 is 5.73 Å². The molecular weight excluding hydrogens is 167 g/mol. The molecule has 0 radical (unpaired) electrons. The van der Waals surface area contributed by atoms with Crippen LogP contribution in [0.1, 0.15) is 5.56 Å². The summed E-state index contributed by atoms with van der Waals surface area (Å²) < 4.78 is 13.3. The van der Waals surface area contributed by atoms with E-state index in [-0.39, 0.29) is 5.82 Å². The molecule has 0 saturated heterocycles. The molecule has 2 rings (SSSR count). The molecule has 3 heteroatoms. The highest BCUT2D eigenvalue weighted by Crippen LogP contribution is 2.20. The topological polar surface area (TPSA) is 38.9 Å². The van der Waals surface area contributed by atoms with Crippen LogP contribution in [0.15, 0.2) is 24.4 Å². The monoisotopic (exact) mass is 176 g/mol. The Balaban J connectivity index is 2.86. The molecule has 1 aromatic heterocycles. The first kappa shape index (κ1) is 7.98. The Bertz CT molecular complexity index is 460. The van der Waals surface area contributed by atoms with Gasteiger partial charge in [0, 0.05) is 11.6 Å². The van der Waals surface area contributed by atoms with Gasteiger partial charge in [0.1, 0.15) is 11.6 Å². The van der Waals surface area contributed by atoms with E-state index in [2.05, 4.69) is 4.98 Å². The number of nitrogen functional groups attached to an aromatic ring is 1. The summed E-state index contributed by atoms with van der Waals surface area (Å²) in [5.41, 5.74) is 6.38. The van der Waals surface area contributed by atoms with Crippen molar-refractivity contribution < 1.29 is 4.39 Å². The molecule has 0 aliphatic heterocycles. The molecule has 2 N–H and O–H groups in total. The summed E-state index contributed by atoms with van der Waals surface area (Å²) in [6.45, 7) is 1.85. The van der Waals surface area contributed by atoms with Crippen LogP contribution in [-0.4, -0.2) is 4.98 Å². The Morgan fingerprint density at radius 3 is 2.85 bits per heavy atom. The number of nitrogens with zero attached hydrogens (tertiary/aromatic N) is 1. The summed E-state index contributed by atoms with van der Waals surface area (Å²) in [5, 5.41) is 1.31. The predicted molar refractivity (Wildman–Crippen MR) is 50.9 cm³/mol. The van der Waals surface area contributed by atoms with Crippen molar-refractivity contribution in [1.29, 1.82) is 0 Å². The Labute approximate surface area is 75.2 Å². The van der Waals surface area contributed by atoms with Crippen molar-refractivity contribution >= 4 is 16.6 Å². The number of pyridine rings is 1. The van der Waals surface area contributed by atoms with Gasteiger partial charge in [-0.2, -0.15) is 0 Å². The van der Waals surface area contributed by atoms with Crippen LogP contribution in [0.2, 0.25) is 0 Å². The van der Waals surface area contributed by atoms with Gasteiger partial charge in [0.25, 0.3) is 0 Å². The lowest BCUT2D eigenvalue weighted by molar-refractivity contribution is 0.638. The van der Waals surface area contributed by atoms with Crippen LogP contribution >= 0.6 is 0 Å². The third kappa shape index (κ3) is 1.33. The maximum absolute atomic E-state index is 13.3. The fraction of sp³-hybridized carbons (Fsp3) is 0.100. The van der Waals surface area contributed by atoms with E-state index in [0.29, 0.717) is 11.2 Å². The highest BCUT2D eigenvalue weighted by atomic mass is 19.1. The maximum atomic E-state index is 13.3. The molecule has 2 nitrogen and oxygen atoms in total. The zero-order valence-corrected chi connectivity index (χ0v) is 7.21. The molecule has 66 valence electrons. The Morgan fingerprint density at radius 2 is 2.08 bits per heavy atom. The zero-order chi connectivity index (χ0) is 9.42. The largest absolute Gasteiger partial charge is 0.384 e. The summed E-state index contributed by atoms with van der Waals surface area (Å²) in [4.78, 5) is 3.84. The summed E-state index contributed by atoms with van der Waals surface area (Å²) in [5.74, 6) is 0.167. The van der Waals surface area contributed by atoms with E-state index in [1.807, 2.05) is 13.0 Å². The van der Waals surface area contributed by atoms with E-state index in [9.17, 15) is 4.39 Å². The van der Waals surface area contributed by atoms with Crippen molar-refractivity contribution in [2.45, 2.75) is 6.92 Å². The standard InChI is InChI=1S/C10H9FN2/c1-6-2-7-4-10(12)13-5-8(7)9(11)3-6/h2-5H,1H3,(H2,12,13). The number of hydrogen-bond acceptors (Lipinski definition) is 2. The number of rotatable bonds is 0. The molecule has 13 heavy (non-hydrogen) atoms. The van der Waals surface area contributed by atoms with Gasteiger partial charge in [0.05, 0.1) is 0 Å². The minimum Gasteiger partial charge on any atom is -0.384 e. The molecule has 0 spiro atoms. The summed E-state index contributed by atoms with van der Waals surface area (Å²) in [7, 11) is 0. The van der Waals surface area contributed by atoms with Crippen molar-refractivity contribution in [3.8, 4) is 0 Å². The third-order valence-corrected chi connectivity index (χ3v) is 1.95. The molecular formula is C10H9FN2. The molecule has 0 unspecified atom stereocenters. The van der Waals surface area contributed by atoms with E-state index in [1.54, 1.807) is 6.07 Å².